The first kappa shape index (κ1) is 20.9. The van der Waals surface area contributed by atoms with Crippen molar-refractivity contribution in [3.8, 4) is 17.5 Å². The molecule has 3 aromatic rings. The fourth-order valence-electron chi connectivity index (χ4n) is 3.95. The first-order valence-electron chi connectivity index (χ1n) is 11.0. The summed E-state index contributed by atoms with van der Waals surface area (Å²) in [5, 5.41) is 22.2. The summed E-state index contributed by atoms with van der Waals surface area (Å²) in [4.78, 5) is 10.9. The SMILES string of the molecule is N#Cc1cccnc1N1CCCN(CCCCCn2nnc(-c3ccccc3)n2)CC1. The van der Waals surface area contributed by atoms with E-state index in [2.05, 4.69) is 36.3 Å². The van der Waals surface area contributed by atoms with Gasteiger partial charge in [0.25, 0.3) is 0 Å². The van der Waals surface area contributed by atoms with Crippen molar-refractivity contribution in [3.63, 3.8) is 0 Å². The van der Waals surface area contributed by atoms with Gasteiger partial charge in [-0.2, -0.15) is 10.1 Å². The van der Waals surface area contributed by atoms with E-state index in [1.165, 1.54) is 0 Å². The van der Waals surface area contributed by atoms with Gasteiger partial charge in [-0.25, -0.2) is 4.98 Å². The number of benzene rings is 1. The van der Waals surface area contributed by atoms with Gasteiger partial charge in [-0.1, -0.05) is 36.8 Å². The van der Waals surface area contributed by atoms with Crippen LogP contribution < -0.4 is 4.90 Å². The fraction of sp³-hybridized carbons (Fsp3) is 0.435. The largest absolute Gasteiger partial charge is 0.354 e. The van der Waals surface area contributed by atoms with Crippen LogP contribution in [0.1, 0.15) is 31.2 Å². The summed E-state index contributed by atoms with van der Waals surface area (Å²) in [5.41, 5.74) is 1.66. The van der Waals surface area contributed by atoms with Gasteiger partial charge in [-0.15, -0.1) is 10.2 Å². The minimum Gasteiger partial charge on any atom is -0.354 e. The van der Waals surface area contributed by atoms with Crippen molar-refractivity contribution in [1.82, 2.24) is 30.1 Å². The first-order valence-corrected chi connectivity index (χ1v) is 11.0. The molecule has 4 rings (SSSR count). The van der Waals surface area contributed by atoms with Crippen molar-refractivity contribution < 1.29 is 0 Å². The van der Waals surface area contributed by atoms with E-state index >= 15 is 0 Å². The Morgan fingerprint density at radius 2 is 1.77 bits per heavy atom. The Hall–Kier alpha value is -3.31. The van der Waals surface area contributed by atoms with Crippen molar-refractivity contribution >= 4 is 5.82 Å². The third-order valence-corrected chi connectivity index (χ3v) is 5.61. The van der Waals surface area contributed by atoms with Gasteiger partial charge in [0.2, 0.25) is 5.82 Å². The molecular formula is C23H28N8. The zero-order chi connectivity index (χ0) is 21.3. The first-order chi connectivity index (χ1) is 15.3. The normalized spacial score (nSPS) is 14.9. The molecule has 0 N–H and O–H groups in total. The predicted molar refractivity (Wildman–Crippen MR) is 119 cm³/mol. The average molecular weight is 417 g/mol. The number of nitrogens with zero attached hydrogens (tertiary/aromatic N) is 8. The second-order valence-corrected chi connectivity index (χ2v) is 7.80. The van der Waals surface area contributed by atoms with Gasteiger partial charge in [-0.05, 0) is 49.7 Å². The number of unbranched alkanes of at least 4 members (excludes halogenated alkanes) is 2. The Labute approximate surface area is 183 Å². The summed E-state index contributed by atoms with van der Waals surface area (Å²) >= 11 is 0. The van der Waals surface area contributed by atoms with Crippen LogP contribution in [-0.2, 0) is 6.54 Å². The van der Waals surface area contributed by atoms with Gasteiger partial charge in [0.1, 0.15) is 11.9 Å². The second-order valence-electron chi connectivity index (χ2n) is 7.80. The Morgan fingerprint density at radius 3 is 2.65 bits per heavy atom. The summed E-state index contributed by atoms with van der Waals surface area (Å²) in [7, 11) is 0. The molecule has 0 spiro atoms. The summed E-state index contributed by atoms with van der Waals surface area (Å²) in [6.45, 7) is 5.86. The Morgan fingerprint density at radius 1 is 0.903 bits per heavy atom. The number of hydrogen-bond donors (Lipinski definition) is 0. The van der Waals surface area contributed by atoms with Gasteiger partial charge < -0.3 is 9.80 Å². The van der Waals surface area contributed by atoms with Crippen molar-refractivity contribution in [2.75, 3.05) is 37.6 Å². The average Bonchev–Trinajstić information content (AvgIpc) is 3.17. The Kier molecular flexibility index (Phi) is 7.19. The monoisotopic (exact) mass is 416 g/mol. The number of anilines is 1. The van der Waals surface area contributed by atoms with Gasteiger partial charge in [0, 0.05) is 31.4 Å². The van der Waals surface area contributed by atoms with Crippen molar-refractivity contribution in [2.24, 2.45) is 0 Å². The van der Waals surface area contributed by atoms with Crippen molar-refractivity contribution in [2.45, 2.75) is 32.2 Å². The van der Waals surface area contributed by atoms with Crippen molar-refractivity contribution in [1.29, 1.82) is 5.26 Å². The third kappa shape index (κ3) is 5.64. The summed E-state index contributed by atoms with van der Waals surface area (Å²) in [6.07, 6.45) is 6.21. The molecule has 0 radical (unpaired) electrons. The summed E-state index contributed by atoms with van der Waals surface area (Å²) < 4.78 is 0. The van der Waals surface area contributed by atoms with Gasteiger partial charge in [0.05, 0.1) is 12.1 Å². The lowest BCUT2D eigenvalue weighted by Gasteiger charge is -2.23. The van der Waals surface area contributed by atoms with E-state index in [1.54, 1.807) is 11.0 Å². The molecule has 8 heteroatoms. The third-order valence-electron chi connectivity index (χ3n) is 5.61. The van der Waals surface area contributed by atoms with Crippen molar-refractivity contribution in [3.05, 3.63) is 54.2 Å². The van der Waals surface area contributed by atoms with E-state index in [0.717, 1.165) is 76.3 Å². The molecule has 1 aliphatic heterocycles. The number of nitriles is 1. The number of aromatic nitrogens is 5. The maximum Gasteiger partial charge on any atom is 0.204 e. The molecule has 2 aromatic heterocycles. The van der Waals surface area contributed by atoms with Gasteiger partial charge >= 0.3 is 0 Å². The number of tetrazole rings is 1. The number of aryl methyl sites for hydroxylation is 1. The molecule has 31 heavy (non-hydrogen) atoms. The quantitative estimate of drug-likeness (QED) is 0.522. The van der Waals surface area contributed by atoms with E-state index in [9.17, 15) is 5.26 Å². The van der Waals surface area contributed by atoms with Crippen LogP contribution in [0.2, 0.25) is 0 Å². The molecule has 0 saturated carbocycles. The molecule has 1 aliphatic rings. The molecule has 8 nitrogen and oxygen atoms in total. The van der Waals surface area contributed by atoms with Crippen LogP contribution in [-0.4, -0.2) is 62.8 Å². The zero-order valence-electron chi connectivity index (χ0n) is 17.8. The molecule has 1 saturated heterocycles. The van der Waals surface area contributed by atoms with Crippen LogP contribution in [0.5, 0.6) is 0 Å². The Balaban J connectivity index is 1.17. The predicted octanol–water partition coefficient (Wildman–Crippen LogP) is 2.99. The van der Waals surface area contributed by atoms with E-state index in [-0.39, 0.29) is 0 Å². The smallest absolute Gasteiger partial charge is 0.204 e. The van der Waals surface area contributed by atoms with Crippen LogP contribution in [0.25, 0.3) is 11.4 Å². The molecule has 160 valence electrons. The highest BCUT2D eigenvalue weighted by atomic mass is 15.6. The highest BCUT2D eigenvalue weighted by molar-refractivity contribution is 5.54. The summed E-state index contributed by atoms with van der Waals surface area (Å²) in [6, 6.07) is 15.9. The molecule has 0 amide bonds. The molecule has 1 aromatic carbocycles. The molecule has 0 unspecified atom stereocenters. The Bertz CT molecular complexity index is 994. The molecule has 0 aliphatic carbocycles. The van der Waals surface area contributed by atoms with E-state index in [0.29, 0.717) is 11.4 Å². The van der Waals surface area contributed by atoms with E-state index in [1.807, 2.05) is 42.5 Å². The molecular weight excluding hydrogens is 388 g/mol. The minimum absolute atomic E-state index is 0.660. The molecule has 1 fully saturated rings. The fourth-order valence-corrected chi connectivity index (χ4v) is 3.95. The number of pyridine rings is 1. The zero-order valence-corrected chi connectivity index (χ0v) is 17.8. The molecule has 0 bridgehead atoms. The highest BCUT2D eigenvalue weighted by Gasteiger charge is 2.18. The number of rotatable bonds is 8. The van der Waals surface area contributed by atoms with Crippen LogP contribution in [0, 0.1) is 11.3 Å². The van der Waals surface area contributed by atoms with E-state index in [4.69, 9.17) is 0 Å². The maximum atomic E-state index is 9.34. The maximum absolute atomic E-state index is 9.34. The molecule has 3 heterocycles. The lowest BCUT2D eigenvalue weighted by molar-refractivity contribution is 0.284. The number of hydrogen-bond acceptors (Lipinski definition) is 7. The lowest BCUT2D eigenvalue weighted by atomic mass is 10.2. The lowest BCUT2D eigenvalue weighted by Crippen LogP contribution is -2.32. The standard InChI is InChI=1S/C23H28N8/c24-19-21-11-7-12-25-23(21)30-15-8-14-29(17-18-30)13-5-2-6-16-31-27-22(26-28-31)20-9-3-1-4-10-20/h1,3-4,7,9-12H,2,5-6,8,13-18H2. The summed E-state index contributed by atoms with van der Waals surface area (Å²) in [5.74, 6) is 1.50. The second kappa shape index (κ2) is 10.6. The van der Waals surface area contributed by atoms with Gasteiger partial charge in [-0.3, -0.25) is 0 Å². The van der Waals surface area contributed by atoms with E-state index < -0.39 is 0 Å². The molecule has 0 atom stereocenters. The minimum atomic E-state index is 0.660. The topological polar surface area (TPSA) is 86.8 Å². The van der Waals surface area contributed by atoms with Crippen LogP contribution in [0.4, 0.5) is 5.82 Å². The highest BCUT2D eigenvalue weighted by Crippen LogP contribution is 2.18. The van der Waals surface area contributed by atoms with Crippen LogP contribution >= 0.6 is 0 Å². The van der Waals surface area contributed by atoms with Crippen LogP contribution in [0.3, 0.4) is 0 Å². The van der Waals surface area contributed by atoms with Gasteiger partial charge in [0.15, 0.2) is 0 Å². The van der Waals surface area contributed by atoms with Crippen LogP contribution in [0.15, 0.2) is 48.7 Å².